The molecule has 0 aromatic heterocycles. The summed E-state index contributed by atoms with van der Waals surface area (Å²) in [6.45, 7) is 2.65. The van der Waals surface area contributed by atoms with Crippen LogP contribution >= 0.6 is 0 Å². The highest BCUT2D eigenvalue weighted by Gasteiger charge is 2.18. The second kappa shape index (κ2) is 12.8. The SMILES string of the molecule is CC(CCCCCCCNC(=O)OC1CCCC1)C(C=O)NC=O. The Morgan fingerprint density at radius 1 is 1.12 bits per heavy atom. The summed E-state index contributed by atoms with van der Waals surface area (Å²) in [5.41, 5.74) is 0. The van der Waals surface area contributed by atoms with Gasteiger partial charge in [0.1, 0.15) is 12.4 Å². The molecule has 1 aliphatic carbocycles. The van der Waals surface area contributed by atoms with Gasteiger partial charge in [-0.3, -0.25) is 4.79 Å². The summed E-state index contributed by atoms with van der Waals surface area (Å²) in [5.74, 6) is 0.166. The predicted molar refractivity (Wildman–Crippen MR) is 92.7 cm³/mol. The van der Waals surface area contributed by atoms with Crippen LogP contribution in [0.3, 0.4) is 0 Å². The molecule has 1 fully saturated rings. The van der Waals surface area contributed by atoms with E-state index in [1.54, 1.807) is 0 Å². The van der Waals surface area contributed by atoms with E-state index in [0.29, 0.717) is 13.0 Å². The van der Waals surface area contributed by atoms with Crippen LogP contribution in [0.1, 0.15) is 71.1 Å². The second-order valence-electron chi connectivity index (χ2n) is 6.72. The van der Waals surface area contributed by atoms with Crippen LogP contribution in [0.2, 0.25) is 0 Å². The fraction of sp³-hybridized carbons (Fsp3) is 0.833. The highest BCUT2D eigenvalue weighted by molar-refractivity contribution is 5.67. The third-order valence-corrected chi connectivity index (χ3v) is 4.70. The van der Waals surface area contributed by atoms with Gasteiger partial charge < -0.3 is 20.2 Å². The molecule has 2 amide bonds. The lowest BCUT2D eigenvalue weighted by atomic mass is 9.96. The standard InChI is InChI=1S/C18H32N2O4/c1-15(17(13-21)20-14-22)9-5-3-2-4-8-12-19-18(23)24-16-10-6-7-11-16/h13-17H,2-12H2,1H3,(H,19,23)(H,20,22). The molecule has 2 unspecified atom stereocenters. The Morgan fingerprint density at radius 2 is 1.79 bits per heavy atom. The molecule has 6 heteroatoms. The summed E-state index contributed by atoms with van der Waals surface area (Å²) < 4.78 is 5.33. The molecule has 0 saturated heterocycles. The molecular weight excluding hydrogens is 308 g/mol. The van der Waals surface area contributed by atoms with Gasteiger partial charge in [-0.2, -0.15) is 0 Å². The monoisotopic (exact) mass is 340 g/mol. The van der Waals surface area contributed by atoms with Crippen molar-refractivity contribution in [3.63, 3.8) is 0 Å². The molecular formula is C18H32N2O4. The number of carbonyl (C=O) groups is 3. The van der Waals surface area contributed by atoms with Crippen LogP contribution < -0.4 is 10.6 Å². The molecule has 0 spiro atoms. The van der Waals surface area contributed by atoms with Crippen LogP contribution in [0, 0.1) is 5.92 Å². The number of unbranched alkanes of at least 4 members (excludes halogenated alkanes) is 4. The molecule has 2 atom stereocenters. The minimum atomic E-state index is -0.377. The van der Waals surface area contributed by atoms with Crippen molar-refractivity contribution in [2.75, 3.05) is 6.54 Å². The topological polar surface area (TPSA) is 84.5 Å². The van der Waals surface area contributed by atoms with Gasteiger partial charge in [-0.1, -0.05) is 32.6 Å². The lowest BCUT2D eigenvalue weighted by Gasteiger charge is -2.17. The lowest BCUT2D eigenvalue weighted by Crippen LogP contribution is -2.35. The van der Waals surface area contributed by atoms with Gasteiger partial charge in [-0.05, 0) is 44.4 Å². The number of hydrogen-bond acceptors (Lipinski definition) is 4. The molecule has 2 N–H and O–H groups in total. The predicted octanol–water partition coefficient (Wildman–Crippen LogP) is 2.95. The van der Waals surface area contributed by atoms with Crippen molar-refractivity contribution in [1.82, 2.24) is 10.6 Å². The molecule has 0 heterocycles. The molecule has 1 saturated carbocycles. The van der Waals surface area contributed by atoms with Gasteiger partial charge in [0.2, 0.25) is 6.41 Å². The summed E-state index contributed by atoms with van der Waals surface area (Å²) in [6, 6.07) is -0.377. The van der Waals surface area contributed by atoms with Crippen molar-refractivity contribution in [3.8, 4) is 0 Å². The largest absolute Gasteiger partial charge is 0.446 e. The Hall–Kier alpha value is -1.59. The number of carbonyl (C=O) groups excluding carboxylic acids is 3. The maximum Gasteiger partial charge on any atom is 0.407 e. The molecule has 0 aromatic carbocycles. The van der Waals surface area contributed by atoms with Gasteiger partial charge in [0, 0.05) is 6.54 Å². The quantitative estimate of drug-likeness (QED) is 0.399. The Morgan fingerprint density at radius 3 is 2.46 bits per heavy atom. The molecule has 138 valence electrons. The van der Waals surface area contributed by atoms with Gasteiger partial charge in [0.05, 0.1) is 6.04 Å². The van der Waals surface area contributed by atoms with E-state index in [2.05, 4.69) is 10.6 Å². The first-order valence-corrected chi connectivity index (χ1v) is 9.27. The summed E-state index contributed by atoms with van der Waals surface area (Å²) >= 11 is 0. The van der Waals surface area contributed by atoms with Crippen LogP contribution in [0.25, 0.3) is 0 Å². The molecule has 6 nitrogen and oxygen atoms in total. The Kier molecular flexibility index (Phi) is 10.9. The van der Waals surface area contributed by atoms with E-state index in [0.717, 1.165) is 70.5 Å². The second-order valence-corrected chi connectivity index (χ2v) is 6.72. The van der Waals surface area contributed by atoms with Crippen molar-refractivity contribution in [2.24, 2.45) is 5.92 Å². The first-order chi connectivity index (χ1) is 11.7. The van der Waals surface area contributed by atoms with E-state index in [-0.39, 0.29) is 24.2 Å². The smallest absolute Gasteiger partial charge is 0.407 e. The average Bonchev–Trinajstić information content (AvgIpc) is 3.07. The van der Waals surface area contributed by atoms with Gasteiger partial charge >= 0.3 is 6.09 Å². The third-order valence-electron chi connectivity index (χ3n) is 4.70. The van der Waals surface area contributed by atoms with Crippen molar-refractivity contribution in [2.45, 2.75) is 83.3 Å². The molecule has 1 aliphatic rings. The first-order valence-electron chi connectivity index (χ1n) is 9.27. The van der Waals surface area contributed by atoms with Gasteiger partial charge in [0.15, 0.2) is 0 Å². The molecule has 1 rings (SSSR count). The van der Waals surface area contributed by atoms with E-state index in [1.165, 1.54) is 0 Å². The zero-order chi connectivity index (χ0) is 17.6. The fourth-order valence-corrected chi connectivity index (χ4v) is 3.11. The minimum absolute atomic E-state index is 0.121. The number of rotatable bonds is 13. The maximum absolute atomic E-state index is 11.6. The van der Waals surface area contributed by atoms with Crippen LogP contribution in [-0.2, 0) is 14.3 Å². The minimum Gasteiger partial charge on any atom is -0.446 e. The van der Waals surface area contributed by atoms with Crippen molar-refractivity contribution < 1.29 is 19.1 Å². The van der Waals surface area contributed by atoms with Crippen molar-refractivity contribution in [3.05, 3.63) is 0 Å². The van der Waals surface area contributed by atoms with E-state index >= 15 is 0 Å². The van der Waals surface area contributed by atoms with Gasteiger partial charge in [-0.15, -0.1) is 0 Å². The normalized spacial score (nSPS) is 17.0. The van der Waals surface area contributed by atoms with Crippen LogP contribution in [-0.4, -0.2) is 37.5 Å². The van der Waals surface area contributed by atoms with Crippen LogP contribution in [0.15, 0.2) is 0 Å². The number of amides is 2. The number of nitrogens with one attached hydrogen (secondary N) is 2. The summed E-state index contributed by atoms with van der Waals surface area (Å²) in [5, 5.41) is 5.35. The fourth-order valence-electron chi connectivity index (χ4n) is 3.11. The van der Waals surface area contributed by atoms with E-state index in [4.69, 9.17) is 4.74 Å². The number of ether oxygens (including phenoxy) is 1. The number of hydrogen-bond donors (Lipinski definition) is 2. The summed E-state index contributed by atoms with van der Waals surface area (Å²) in [6.07, 6.45) is 11.8. The van der Waals surface area contributed by atoms with Crippen LogP contribution in [0.4, 0.5) is 4.79 Å². The van der Waals surface area contributed by atoms with Gasteiger partial charge in [0.25, 0.3) is 0 Å². The molecule has 0 bridgehead atoms. The van der Waals surface area contributed by atoms with Crippen LogP contribution in [0.5, 0.6) is 0 Å². The lowest BCUT2D eigenvalue weighted by molar-refractivity contribution is -0.116. The van der Waals surface area contributed by atoms with Crippen molar-refractivity contribution in [1.29, 1.82) is 0 Å². The molecule has 0 aliphatic heterocycles. The highest BCUT2D eigenvalue weighted by Crippen LogP contribution is 2.20. The Balaban J connectivity index is 1.91. The average molecular weight is 340 g/mol. The van der Waals surface area contributed by atoms with E-state index in [9.17, 15) is 14.4 Å². The maximum atomic E-state index is 11.6. The number of aldehydes is 1. The van der Waals surface area contributed by atoms with Crippen molar-refractivity contribution >= 4 is 18.8 Å². The summed E-state index contributed by atoms with van der Waals surface area (Å²) in [4.78, 5) is 32.8. The molecule has 0 radical (unpaired) electrons. The summed E-state index contributed by atoms with van der Waals surface area (Å²) in [7, 11) is 0. The molecule has 0 aromatic rings. The molecule has 24 heavy (non-hydrogen) atoms. The van der Waals surface area contributed by atoms with E-state index < -0.39 is 0 Å². The Bertz CT molecular complexity index is 370. The van der Waals surface area contributed by atoms with Gasteiger partial charge in [-0.25, -0.2) is 4.79 Å². The zero-order valence-electron chi connectivity index (χ0n) is 14.8. The van der Waals surface area contributed by atoms with E-state index in [1.807, 2.05) is 6.92 Å². The zero-order valence-corrected chi connectivity index (χ0v) is 14.8. The Labute approximate surface area is 145 Å². The highest BCUT2D eigenvalue weighted by atomic mass is 16.6. The number of alkyl carbamates (subject to hydrolysis) is 1. The third kappa shape index (κ3) is 8.89. The first kappa shape index (κ1) is 20.5.